The minimum atomic E-state index is -0.717. The number of imide groups is 1. The van der Waals surface area contributed by atoms with Gasteiger partial charge in [0.15, 0.2) is 6.61 Å². The maximum absolute atomic E-state index is 12.9. The van der Waals surface area contributed by atoms with Crippen molar-refractivity contribution in [1.29, 1.82) is 0 Å². The van der Waals surface area contributed by atoms with Crippen molar-refractivity contribution < 1.29 is 28.7 Å². The van der Waals surface area contributed by atoms with E-state index in [9.17, 15) is 19.2 Å². The molecule has 1 aliphatic heterocycles. The molecule has 1 N–H and O–H groups in total. The van der Waals surface area contributed by atoms with Crippen LogP contribution in [0.5, 0.6) is 11.5 Å². The Labute approximate surface area is 234 Å². The summed E-state index contributed by atoms with van der Waals surface area (Å²) in [6, 6.07) is 22.0. The summed E-state index contributed by atoms with van der Waals surface area (Å²) in [5.74, 6) is -1.54. The summed E-state index contributed by atoms with van der Waals surface area (Å²) in [4.78, 5) is 51.7. The van der Waals surface area contributed by atoms with Crippen molar-refractivity contribution in [3.8, 4) is 11.5 Å². The summed E-state index contributed by atoms with van der Waals surface area (Å²) in [7, 11) is 0. The number of rotatable bonds is 7. The van der Waals surface area contributed by atoms with E-state index in [0.717, 1.165) is 4.90 Å². The predicted molar refractivity (Wildman–Crippen MR) is 146 cm³/mol. The Bertz CT molecular complexity index is 1350. The topological polar surface area (TPSA) is 102 Å². The SMILES string of the molecule is O=C(COC(=O)c1ccc(N2C(=O)[C@H]3C[C@@H](Cl)[C@@H](Cl)C[C@H]3C2=O)cc1)Nc1ccc(Oc2ccccc2)cc1. The van der Waals surface area contributed by atoms with E-state index in [1.54, 1.807) is 24.3 Å². The highest BCUT2D eigenvalue weighted by atomic mass is 35.5. The first-order valence-corrected chi connectivity index (χ1v) is 13.2. The van der Waals surface area contributed by atoms with Crippen molar-refractivity contribution in [3.05, 3.63) is 84.4 Å². The van der Waals surface area contributed by atoms with Crippen LogP contribution in [0.4, 0.5) is 11.4 Å². The maximum atomic E-state index is 12.9. The zero-order valence-electron chi connectivity index (χ0n) is 20.6. The Balaban J connectivity index is 1.13. The first-order valence-electron chi connectivity index (χ1n) is 12.4. The van der Waals surface area contributed by atoms with E-state index in [1.165, 1.54) is 24.3 Å². The Morgan fingerprint density at radius 1 is 0.795 bits per heavy atom. The van der Waals surface area contributed by atoms with Gasteiger partial charge in [0.25, 0.3) is 5.91 Å². The third-order valence-corrected chi connectivity index (χ3v) is 7.82. The van der Waals surface area contributed by atoms with Crippen molar-refractivity contribution in [2.75, 3.05) is 16.8 Å². The van der Waals surface area contributed by atoms with Gasteiger partial charge in [0.1, 0.15) is 11.5 Å². The van der Waals surface area contributed by atoms with Crippen LogP contribution in [0, 0.1) is 11.8 Å². The van der Waals surface area contributed by atoms with Crippen LogP contribution in [0.25, 0.3) is 0 Å². The molecule has 200 valence electrons. The summed E-state index contributed by atoms with van der Waals surface area (Å²) >= 11 is 12.5. The van der Waals surface area contributed by atoms with E-state index < -0.39 is 30.3 Å². The number of hydrogen-bond donors (Lipinski definition) is 1. The molecule has 2 fully saturated rings. The number of benzene rings is 3. The quantitative estimate of drug-likeness (QED) is 0.234. The highest BCUT2D eigenvalue weighted by Crippen LogP contribution is 2.43. The standard InChI is InChI=1S/C29H24Cl2N2O6/c30-24-14-22-23(15-25(24)31)28(36)33(27(22)35)19-10-6-17(7-11-19)29(37)38-16-26(34)32-18-8-12-21(13-9-18)39-20-4-2-1-3-5-20/h1-13,22-25H,14-16H2,(H,32,34)/t22-,23+,24+,25-. The summed E-state index contributed by atoms with van der Waals surface area (Å²) in [6.07, 6.45) is 0.694. The van der Waals surface area contributed by atoms with Gasteiger partial charge >= 0.3 is 5.97 Å². The van der Waals surface area contributed by atoms with E-state index in [-0.39, 0.29) is 28.1 Å². The number of halogens is 2. The lowest BCUT2D eigenvalue weighted by atomic mass is 9.80. The fraction of sp³-hybridized carbons (Fsp3) is 0.241. The fourth-order valence-electron chi connectivity index (χ4n) is 4.74. The second-order valence-corrected chi connectivity index (χ2v) is 10.5. The number of anilines is 2. The first-order chi connectivity index (χ1) is 18.8. The molecule has 3 amide bonds. The summed E-state index contributed by atoms with van der Waals surface area (Å²) in [5, 5.41) is 1.92. The van der Waals surface area contributed by atoms with Gasteiger partial charge in [-0.25, -0.2) is 4.79 Å². The molecular weight excluding hydrogens is 543 g/mol. The number of carbonyl (C=O) groups is 4. The Kier molecular flexibility index (Phi) is 7.86. The average Bonchev–Trinajstić information content (AvgIpc) is 3.18. The van der Waals surface area contributed by atoms with Crippen LogP contribution in [-0.4, -0.2) is 41.1 Å². The van der Waals surface area contributed by atoms with Gasteiger partial charge in [-0.3, -0.25) is 19.3 Å². The molecule has 1 heterocycles. The highest BCUT2D eigenvalue weighted by Gasteiger charge is 2.52. The number of ether oxygens (including phenoxy) is 2. The van der Waals surface area contributed by atoms with E-state index in [0.29, 0.717) is 35.7 Å². The van der Waals surface area contributed by atoms with Crippen LogP contribution in [0.3, 0.4) is 0 Å². The minimum absolute atomic E-state index is 0.173. The number of alkyl halides is 2. The molecule has 0 unspecified atom stereocenters. The van der Waals surface area contributed by atoms with Gasteiger partial charge in [0.05, 0.1) is 33.8 Å². The van der Waals surface area contributed by atoms with Crippen LogP contribution in [0.1, 0.15) is 23.2 Å². The smallest absolute Gasteiger partial charge is 0.338 e. The van der Waals surface area contributed by atoms with Crippen LogP contribution in [-0.2, 0) is 19.1 Å². The van der Waals surface area contributed by atoms with Crippen molar-refractivity contribution >= 4 is 58.3 Å². The maximum Gasteiger partial charge on any atom is 0.338 e. The lowest BCUT2D eigenvalue weighted by Gasteiger charge is -2.28. The Morgan fingerprint density at radius 3 is 1.95 bits per heavy atom. The largest absolute Gasteiger partial charge is 0.457 e. The molecule has 10 heteroatoms. The number of carbonyl (C=O) groups excluding carboxylic acids is 4. The van der Waals surface area contributed by atoms with E-state index in [1.807, 2.05) is 30.3 Å². The van der Waals surface area contributed by atoms with Crippen LogP contribution in [0.15, 0.2) is 78.9 Å². The monoisotopic (exact) mass is 566 g/mol. The van der Waals surface area contributed by atoms with Crippen LogP contribution >= 0.6 is 23.2 Å². The number of fused-ring (bicyclic) bond motifs is 1. The summed E-state index contributed by atoms with van der Waals surface area (Å²) < 4.78 is 10.8. The number of para-hydroxylation sites is 1. The van der Waals surface area contributed by atoms with Gasteiger partial charge in [-0.2, -0.15) is 0 Å². The summed E-state index contributed by atoms with van der Waals surface area (Å²) in [5.41, 5.74) is 1.04. The number of nitrogens with one attached hydrogen (secondary N) is 1. The molecule has 0 radical (unpaired) electrons. The van der Waals surface area contributed by atoms with E-state index in [2.05, 4.69) is 5.32 Å². The molecule has 1 saturated carbocycles. The molecule has 2 aliphatic rings. The molecule has 1 saturated heterocycles. The molecule has 4 atom stereocenters. The number of amides is 3. The predicted octanol–water partition coefficient (Wildman–Crippen LogP) is 5.39. The first kappa shape index (κ1) is 26.7. The molecule has 39 heavy (non-hydrogen) atoms. The molecular formula is C29H24Cl2N2O6. The second-order valence-electron chi connectivity index (χ2n) is 9.34. The molecule has 0 bridgehead atoms. The van der Waals surface area contributed by atoms with Crippen LogP contribution < -0.4 is 15.0 Å². The Hall–Kier alpha value is -3.88. The molecule has 3 aromatic carbocycles. The number of hydrogen-bond acceptors (Lipinski definition) is 6. The Morgan fingerprint density at radius 2 is 1.36 bits per heavy atom. The molecule has 8 nitrogen and oxygen atoms in total. The van der Waals surface area contributed by atoms with Gasteiger partial charge in [-0.05, 0) is 73.5 Å². The molecule has 1 aliphatic carbocycles. The number of esters is 1. The lowest BCUT2D eigenvalue weighted by molar-refractivity contribution is -0.122. The molecule has 3 aromatic rings. The van der Waals surface area contributed by atoms with Crippen molar-refractivity contribution in [2.45, 2.75) is 23.6 Å². The van der Waals surface area contributed by atoms with Gasteiger partial charge in [0.2, 0.25) is 11.8 Å². The lowest BCUT2D eigenvalue weighted by Crippen LogP contribution is -2.34. The zero-order chi connectivity index (χ0) is 27.5. The number of nitrogens with zero attached hydrogens (tertiary/aromatic N) is 1. The van der Waals surface area contributed by atoms with Gasteiger partial charge in [0, 0.05) is 5.69 Å². The van der Waals surface area contributed by atoms with Gasteiger partial charge in [-0.1, -0.05) is 18.2 Å². The van der Waals surface area contributed by atoms with Gasteiger partial charge in [-0.15, -0.1) is 23.2 Å². The zero-order valence-corrected chi connectivity index (χ0v) is 22.1. The van der Waals surface area contributed by atoms with E-state index in [4.69, 9.17) is 32.7 Å². The van der Waals surface area contributed by atoms with Crippen LogP contribution in [0.2, 0.25) is 0 Å². The third-order valence-electron chi connectivity index (χ3n) is 6.72. The average molecular weight is 567 g/mol. The van der Waals surface area contributed by atoms with Crippen molar-refractivity contribution in [1.82, 2.24) is 0 Å². The second kappa shape index (κ2) is 11.5. The normalized spacial score (nSPS) is 22.3. The highest BCUT2D eigenvalue weighted by molar-refractivity contribution is 6.31. The fourth-order valence-corrected chi connectivity index (χ4v) is 5.33. The van der Waals surface area contributed by atoms with E-state index >= 15 is 0 Å². The molecule has 0 spiro atoms. The van der Waals surface area contributed by atoms with Crippen molar-refractivity contribution in [3.63, 3.8) is 0 Å². The van der Waals surface area contributed by atoms with Crippen molar-refractivity contribution in [2.24, 2.45) is 11.8 Å². The summed E-state index contributed by atoms with van der Waals surface area (Å²) in [6.45, 7) is -0.492. The molecule has 0 aromatic heterocycles. The minimum Gasteiger partial charge on any atom is -0.457 e. The van der Waals surface area contributed by atoms with Gasteiger partial charge < -0.3 is 14.8 Å². The molecule has 5 rings (SSSR count). The third kappa shape index (κ3) is 5.92.